The molecule has 118 valence electrons. The van der Waals surface area contributed by atoms with Gasteiger partial charge in [-0.05, 0) is 54.4 Å². The van der Waals surface area contributed by atoms with Crippen molar-refractivity contribution in [3.05, 3.63) is 78.1 Å². The van der Waals surface area contributed by atoms with Gasteiger partial charge in [0.2, 0.25) is 0 Å². The number of aromatic amines is 1. The minimum atomic E-state index is 0.749. The lowest BCUT2D eigenvalue weighted by molar-refractivity contribution is 1.13. The van der Waals surface area contributed by atoms with Gasteiger partial charge < -0.3 is 10.3 Å². The molecule has 0 spiro atoms. The van der Waals surface area contributed by atoms with Crippen LogP contribution >= 0.6 is 0 Å². The van der Waals surface area contributed by atoms with Crippen LogP contribution in [-0.2, 0) is 6.54 Å². The number of benzene rings is 2. The normalized spacial score (nSPS) is 10.9. The Morgan fingerprint density at radius 2 is 1.83 bits per heavy atom. The van der Waals surface area contributed by atoms with E-state index in [1.165, 1.54) is 11.1 Å². The third-order valence-electron chi connectivity index (χ3n) is 4.05. The number of aryl methyl sites for hydroxylation is 1. The van der Waals surface area contributed by atoms with Crippen molar-refractivity contribution >= 4 is 16.7 Å². The SMILES string of the molecule is Cc1ccc2nc(-c3ccccc3NCc3ccncc3)[nH]c2c1. The van der Waals surface area contributed by atoms with Crippen LogP contribution in [0.2, 0.25) is 0 Å². The summed E-state index contributed by atoms with van der Waals surface area (Å²) in [6, 6.07) is 18.5. The summed E-state index contributed by atoms with van der Waals surface area (Å²) >= 11 is 0. The van der Waals surface area contributed by atoms with Gasteiger partial charge >= 0.3 is 0 Å². The molecule has 0 amide bonds. The summed E-state index contributed by atoms with van der Waals surface area (Å²) in [5.74, 6) is 0.883. The summed E-state index contributed by atoms with van der Waals surface area (Å²) in [5, 5.41) is 3.50. The summed E-state index contributed by atoms with van der Waals surface area (Å²) in [4.78, 5) is 12.2. The minimum Gasteiger partial charge on any atom is -0.380 e. The Bertz CT molecular complexity index is 973. The molecule has 0 radical (unpaired) electrons. The van der Waals surface area contributed by atoms with Crippen LogP contribution in [0, 0.1) is 6.92 Å². The third-order valence-corrected chi connectivity index (χ3v) is 4.05. The molecule has 24 heavy (non-hydrogen) atoms. The van der Waals surface area contributed by atoms with Crippen LogP contribution < -0.4 is 5.32 Å². The topological polar surface area (TPSA) is 53.6 Å². The predicted octanol–water partition coefficient (Wildman–Crippen LogP) is 4.55. The first kappa shape index (κ1) is 14.5. The van der Waals surface area contributed by atoms with Crippen molar-refractivity contribution in [2.45, 2.75) is 13.5 Å². The zero-order valence-electron chi connectivity index (χ0n) is 13.5. The average molecular weight is 314 g/mol. The quantitative estimate of drug-likeness (QED) is 0.581. The van der Waals surface area contributed by atoms with Crippen molar-refractivity contribution in [2.75, 3.05) is 5.32 Å². The first-order chi connectivity index (χ1) is 11.8. The van der Waals surface area contributed by atoms with Crippen LogP contribution in [0.1, 0.15) is 11.1 Å². The number of H-pyrrole nitrogens is 1. The highest BCUT2D eigenvalue weighted by atomic mass is 14.9. The molecule has 0 bridgehead atoms. The second-order valence-electron chi connectivity index (χ2n) is 5.86. The van der Waals surface area contributed by atoms with Gasteiger partial charge in [0.1, 0.15) is 5.82 Å². The minimum absolute atomic E-state index is 0.749. The van der Waals surface area contributed by atoms with Crippen LogP contribution in [0.5, 0.6) is 0 Å². The van der Waals surface area contributed by atoms with E-state index in [0.29, 0.717) is 0 Å². The predicted molar refractivity (Wildman–Crippen MR) is 97.8 cm³/mol. The van der Waals surface area contributed by atoms with Crippen molar-refractivity contribution < 1.29 is 0 Å². The van der Waals surface area contributed by atoms with Gasteiger partial charge in [-0.3, -0.25) is 4.98 Å². The molecule has 0 unspecified atom stereocenters. The highest BCUT2D eigenvalue weighted by Crippen LogP contribution is 2.28. The summed E-state index contributed by atoms with van der Waals surface area (Å²) in [7, 11) is 0. The second kappa shape index (κ2) is 6.16. The van der Waals surface area contributed by atoms with Crippen LogP contribution in [0.25, 0.3) is 22.4 Å². The van der Waals surface area contributed by atoms with E-state index in [1.54, 1.807) is 0 Å². The van der Waals surface area contributed by atoms with Crippen molar-refractivity contribution in [2.24, 2.45) is 0 Å². The fourth-order valence-corrected chi connectivity index (χ4v) is 2.79. The molecule has 0 saturated carbocycles. The van der Waals surface area contributed by atoms with E-state index in [0.717, 1.165) is 34.7 Å². The molecule has 0 aliphatic heterocycles. The molecular weight excluding hydrogens is 296 g/mol. The molecular formula is C20H18N4. The van der Waals surface area contributed by atoms with Crippen molar-refractivity contribution in [3.8, 4) is 11.4 Å². The van der Waals surface area contributed by atoms with E-state index in [4.69, 9.17) is 4.98 Å². The number of rotatable bonds is 4. The number of nitrogens with zero attached hydrogens (tertiary/aromatic N) is 2. The van der Waals surface area contributed by atoms with E-state index in [2.05, 4.69) is 52.5 Å². The molecule has 0 fully saturated rings. The van der Waals surface area contributed by atoms with E-state index in [1.807, 2.05) is 36.7 Å². The van der Waals surface area contributed by atoms with Gasteiger partial charge in [0.25, 0.3) is 0 Å². The summed E-state index contributed by atoms with van der Waals surface area (Å²) in [5.41, 5.74) is 6.60. The number of nitrogens with one attached hydrogen (secondary N) is 2. The Hall–Kier alpha value is -3.14. The third kappa shape index (κ3) is 2.86. The summed E-state index contributed by atoms with van der Waals surface area (Å²) in [6.45, 7) is 2.84. The lowest BCUT2D eigenvalue weighted by Crippen LogP contribution is -2.01. The monoisotopic (exact) mass is 314 g/mol. The Morgan fingerprint density at radius 3 is 2.71 bits per heavy atom. The molecule has 4 nitrogen and oxygen atoms in total. The maximum Gasteiger partial charge on any atom is 0.140 e. The molecule has 4 aromatic rings. The zero-order chi connectivity index (χ0) is 16.4. The lowest BCUT2D eigenvalue weighted by atomic mass is 10.1. The van der Waals surface area contributed by atoms with Gasteiger partial charge in [-0.1, -0.05) is 18.2 Å². The maximum atomic E-state index is 4.73. The van der Waals surface area contributed by atoms with Crippen molar-refractivity contribution in [1.29, 1.82) is 0 Å². The standard InChI is InChI=1S/C20H18N4/c1-14-6-7-18-19(12-14)24-20(23-18)16-4-2-3-5-17(16)22-13-15-8-10-21-11-9-15/h2-12,22H,13H2,1H3,(H,23,24). The zero-order valence-corrected chi connectivity index (χ0v) is 13.5. The molecule has 0 saturated heterocycles. The van der Waals surface area contributed by atoms with E-state index in [-0.39, 0.29) is 0 Å². The maximum absolute atomic E-state index is 4.73. The Kier molecular flexibility index (Phi) is 3.71. The fourth-order valence-electron chi connectivity index (χ4n) is 2.79. The Labute approximate surface area is 140 Å². The number of pyridine rings is 1. The molecule has 0 aliphatic rings. The molecule has 2 heterocycles. The first-order valence-electron chi connectivity index (χ1n) is 7.98. The smallest absolute Gasteiger partial charge is 0.140 e. The van der Waals surface area contributed by atoms with Crippen LogP contribution in [0.3, 0.4) is 0 Å². The molecule has 0 atom stereocenters. The summed E-state index contributed by atoms with van der Waals surface area (Å²) < 4.78 is 0. The average Bonchev–Trinajstić information content (AvgIpc) is 3.04. The number of anilines is 1. The number of hydrogen-bond donors (Lipinski definition) is 2. The molecule has 0 aliphatic carbocycles. The van der Waals surface area contributed by atoms with Crippen LogP contribution in [0.4, 0.5) is 5.69 Å². The number of para-hydroxylation sites is 1. The molecule has 4 rings (SSSR count). The summed E-state index contributed by atoms with van der Waals surface area (Å²) in [6.07, 6.45) is 3.62. The number of aromatic nitrogens is 3. The van der Waals surface area contributed by atoms with Gasteiger partial charge in [0.15, 0.2) is 0 Å². The number of hydrogen-bond acceptors (Lipinski definition) is 3. The molecule has 2 aromatic carbocycles. The van der Waals surface area contributed by atoms with Gasteiger partial charge in [-0.2, -0.15) is 0 Å². The number of fused-ring (bicyclic) bond motifs is 1. The first-order valence-corrected chi connectivity index (χ1v) is 7.98. The van der Waals surface area contributed by atoms with Gasteiger partial charge in [0.05, 0.1) is 11.0 Å². The van der Waals surface area contributed by atoms with Crippen molar-refractivity contribution in [3.63, 3.8) is 0 Å². The highest BCUT2D eigenvalue weighted by Gasteiger charge is 2.09. The number of imidazole rings is 1. The second-order valence-corrected chi connectivity index (χ2v) is 5.86. The van der Waals surface area contributed by atoms with E-state index >= 15 is 0 Å². The van der Waals surface area contributed by atoms with Crippen LogP contribution in [0.15, 0.2) is 67.0 Å². The van der Waals surface area contributed by atoms with Crippen molar-refractivity contribution in [1.82, 2.24) is 15.0 Å². The van der Waals surface area contributed by atoms with Gasteiger partial charge in [0, 0.05) is 30.2 Å². The Morgan fingerprint density at radius 1 is 1.00 bits per heavy atom. The molecule has 2 N–H and O–H groups in total. The van der Waals surface area contributed by atoms with Gasteiger partial charge in [-0.25, -0.2) is 4.98 Å². The Balaban J connectivity index is 1.67. The van der Waals surface area contributed by atoms with Crippen LogP contribution in [-0.4, -0.2) is 15.0 Å². The van der Waals surface area contributed by atoms with E-state index < -0.39 is 0 Å². The lowest BCUT2D eigenvalue weighted by Gasteiger charge is -2.10. The van der Waals surface area contributed by atoms with Gasteiger partial charge in [-0.15, -0.1) is 0 Å². The fraction of sp³-hybridized carbons (Fsp3) is 0.100. The molecule has 4 heteroatoms. The molecule has 2 aromatic heterocycles. The van der Waals surface area contributed by atoms with E-state index in [9.17, 15) is 0 Å². The highest BCUT2D eigenvalue weighted by molar-refractivity contribution is 5.83. The largest absolute Gasteiger partial charge is 0.380 e.